The monoisotopic (exact) mass is 414 g/mol. The highest BCUT2D eigenvalue weighted by Crippen LogP contribution is 2.16. The Bertz CT molecular complexity index is 778. The lowest BCUT2D eigenvalue weighted by atomic mass is 10.1. The van der Waals surface area contributed by atoms with Crippen LogP contribution in [0.2, 0.25) is 0 Å². The quantitative estimate of drug-likeness (QED) is 0.657. The molecule has 0 unspecified atom stereocenters. The molecule has 0 saturated carbocycles. The number of aromatic nitrogens is 1. The molecule has 1 amide bonds. The Labute approximate surface area is 179 Å². The van der Waals surface area contributed by atoms with Crippen LogP contribution in [0.3, 0.4) is 0 Å². The minimum Gasteiger partial charge on any atom is -0.336 e. The molecule has 1 aliphatic rings. The second kappa shape index (κ2) is 10.3. The van der Waals surface area contributed by atoms with Gasteiger partial charge in [0.2, 0.25) is 0 Å². The van der Waals surface area contributed by atoms with Crippen molar-refractivity contribution in [3.05, 3.63) is 51.5 Å². The zero-order valence-corrected chi connectivity index (χ0v) is 19.0. The standard InChI is InChI=1S/C23H34N4OS/c1-5-22-24-21(17-29-22)16-25-11-13-27(14-12-25)23(28)20-9-7-19(8-10-20)15-26(6-2)18(3)4/h7-10,17-18H,5-6,11-16H2,1-4H3. The van der Waals surface area contributed by atoms with Crippen LogP contribution in [0, 0.1) is 0 Å². The van der Waals surface area contributed by atoms with Gasteiger partial charge >= 0.3 is 0 Å². The van der Waals surface area contributed by atoms with Crippen molar-refractivity contribution in [2.45, 2.75) is 53.2 Å². The van der Waals surface area contributed by atoms with Gasteiger partial charge in [0, 0.05) is 56.3 Å². The minimum absolute atomic E-state index is 0.148. The molecule has 0 radical (unpaired) electrons. The van der Waals surface area contributed by atoms with Crippen molar-refractivity contribution in [3.63, 3.8) is 0 Å². The van der Waals surface area contributed by atoms with Gasteiger partial charge in [-0.15, -0.1) is 11.3 Å². The van der Waals surface area contributed by atoms with Gasteiger partial charge in [0.05, 0.1) is 10.7 Å². The van der Waals surface area contributed by atoms with Gasteiger partial charge in [0.25, 0.3) is 5.91 Å². The lowest BCUT2D eigenvalue weighted by Crippen LogP contribution is -2.48. The number of piperazine rings is 1. The highest BCUT2D eigenvalue weighted by atomic mass is 32.1. The van der Waals surface area contributed by atoms with Gasteiger partial charge < -0.3 is 4.90 Å². The number of hydrogen-bond acceptors (Lipinski definition) is 5. The van der Waals surface area contributed by atoms with Gasteiger partial charge in [0.1, 0.15) is 0 Å². The van der Waals surface area contributed by atoms with E-state index in [0.717, 1.165) is 63.5 Å². The number of carbonyl (C=O) groups is 1. The summed E-state index contributed by atoms with van der Waals surface area (Å²) in [5.41, 5.74) is 3.21. The summed E-state index contributed by atoms with van der Waals surface area (Å²) in [7, 11) is 0. The van der Waals surface area contributed by atoms with Crippen molar-refractivity contribution in [2.75, 3.05) is 32.7 Å². The third-order valence-corrected chi connectivity index (χ3v) is 6.71. The molecule has 1 aliphatic heterocycles. The summed E-state index contributed by atoms with van der Waals surface area (Å²) in [4.78, 5) is 24.4. The van der Waals surface area contributed by atoms with Crippen LogP contribution >= 0.6 is 11.3 Å². The van der Waals surface area contributed by atoms with Gasteiger partial charge in [-0.05, 0) is 44.5 Å². The summed E-state index contributed by atoms with van der Waals surface area (Å²) in [5.74, 6) is 0.148. The van der Waals surface area contributed by atoms with E-state index in [1.54, 1.807) is 11.3 Å². The average Bonchev–Trinajstić information content (AvgIpc) is 3.20. The number of benzene rings is 1. The van der Waals surface area contributed by atoms with Crippen LogP contribution < -0.4 is 0 Å². The number of hydrogen-bond donors (Lipinski definition) is 0. The molecule has 1 fully saturated rings. The number of carbonyl (C=O) groups excluding carboxylic acids is 1. The molecule has 158 valence electrons. The first-order chi connectivity index (χ1) is 14.0. The maximum absolute atomic E-state index is 12.9. The van der Waals surface area contributed by atoms with E-state index in [0.29, 0.717) is 6.04 Å². The molecule has 6 heteroatoms. The Morgan fingerprint density at radius 3 is 2.38 bits per heavy atom. The summed E-state index contributed by atoms with van der Waals surface area (Å²) in [6.45, 7) is 15.0. The predicted octanol–water partition coefficient (Wildman–Crippen LogP) is 3.89. The first kappa shape index (κ1) is 21.9. The first-order valence-corrected chi connectivity index (χ1v) is 11.7. The Morgan fingerprint density at radius 1 is 1.14 bits per heavy atom. The van der Waals surface area contributed by atoms with E-state index in [4.69, 9.17) is 0 Å². The molecule has 5 nitrogen and oxygen atoms in total. The fraction of sp³-hybridized carbons (Fsp3) is 0.565. The van der Waals surface area contributed by atoms with Crippen LogP contribution in [-0.4, -0.2) is 64.4 Å². The lowest BCUT2D eigenvalue weighted by molar-refractivity contribution is 0.0627. The Morgan fingerprint density at radius 2 is 1.83 bits per heavy atom. The summed E-state index contributed by atoms with van der Waals surface area (Å²) >= 11 is 1.74. The number of amides is 1. The van der Waals surface area contributed by atoms with Gasteiger partial charge in [-0.25, -0.2) is 4.98 Å². The van der Waals surface area contributed by atoms with Crippen molar-refractivity contribution < 1.29 is 4.79 Å². The maximum Gasteiger partial charge on any atom is 0.253 e. The molecule has 3 rings (SSSR count). The summed E-state index contributed by atoms with van der Waals surface area (Å²) in [6.07, 6.45) is 1.000. The van der Waals surface area contributed by atoms with Crippen LogP contribution in [0.25, 0.3) is 0 Å². The fourth-order valence-corrected chi connectivity index (χ4v) is 4.49. The number of aryl methyl sites for hydroxylation is 1. The SMILES string of the molecule is CCc1nc(CN2CCN(C(=O)c3ccc(CN(CC)C(C)C)cc3)CC2)cs1. The average molecular weight is 415 g/mol. The van der Waals surface area contributed by atoms with Gasteiger partial charge in [-0.3, -0.25) is 14.6 Å². The summed E-state index contributed by atoms with van der Waals surface area (Å²) in [6, 6.07) is 8.69. The Hall–Kier alpha value is -1.76. The molecular weight excluding hydrogens is 380 g/mol. The zero-order valence-electron chi connectivity index (χ0n) is 18.2. The van der Waals surface area contributed by atoms with Crippen molar-refractivity contribution in [2.24, 2.45) is 0 Å². The van der Waals surface area contributed by atoms with E-state index < -0.39 is 0 Å². The van der Waals surface area contributed by atoms with Gasteiger partial charge in [0.15, 0.2) is 0 Å². The third-order valence-electron chi connectivity index (χ3n) is 5.67. The smallest absolute Gasteiger partial charge is 0.253 e. The molecular formula is C23H34N4OS. The molecule has 1 aromatic carbocycles. The van der Waals surface area contributed by atoms with Crippen molar-refractivity contribution in [3.8, 4) is 0 Å². The third kappa shape index (κ3) is 5.87. The second-order valence-corrected chi connectivity index (χ2v) is 8.95. The summed E-state index contributed by atoms with van der Waals surface area (Å²) < 4.78 is 0. The summed E-state index contributed by atoms with van der Waals surface area (Å²) in [5, 5.41) is 3.37. The van der Waals surface area contributed by atoms with Crippen LogP contribution in [0.5, 0.6) is 0 Å². The van der Waals surface area contributed by atoms with Crippen molar-refractivity contribution >= 4 is 17.2 Å². The maximum atomic E-state index is 12.9. The van der Waals surface area contributed by atoms with Crippen molar-refractivity contribution in [1.82, 2.24) is 19.7 Å². The Balaban J connectivity index is 1.51. The van der Waals surface area contributed by atoms with E-state index in [1.807, 2.05) is 17.0 Å². The largest absolute Gasteiger partial charge is 0.336 e. The van der Waals surface area contributed by atoms with E-state index in [-0.39, 0.29) is 5.91 Å². The molecule has 0 atom stereocenters. The molecule has 29 heavy (non-hydrogen) atoms. The van der Waals surface area contributed by atoms with E-state index in [9.17, 15) is 4.79 Å². The van der Waals surface area contributed by atoms with Crippen LogP contribution in [0.15, 0.2) is 29.6 Å². The molecule has 0 spiro atoms. The highest BCUT2D eigenvalue weighted by molar-refractivity contribution is 7.09. The molecule has 0 bridgehead atoms. The van der Waals surface area contributed by atoms with Crippen LogP contribution in [0.4, 0.5) is 0 Å². The minimum atomic E-state index is 0.148. The number of nitrogens with zero attached hydrogens (tertiary/aromatic N) is 4. The van der Waals surface area contributed by atoms with Crippen molar-refractivity contribution in [1.29, 1.82) is 0 Å². The van der Waals surface area contributed by atoms with E-state index in [2.05, 4.69) is 60.0 Å². The van der Waals surface area contributed by atoms with Crippen LogP contribution in [0.1, 0.15) is 54.3 Å². The van der Waals surface area contributed by atoms with Gasteiger partial charge in [-0.2, -0.15) is 0 Å². The second-order valence-electron chi connectivity index (χ2n) is 8.01. The van der Waals surface area contributed by atoms with E-state index >= 15 is 0 Å². The topological polar surface area (TPSA) is 39.7 Å². The van der Waals surface area contributed by atoms with Gasteiger partial charge in [-0.1, -0.05) is 26.0 Å². The molecule has 2 heterocycles. The molecule has 0 N–H and O–H groups in total. The molecule has 2 aromatic rings. The number of thiazole rings is 1. The lowest BCUT2D eigenvalue weighted by Gasteiger charge is -2.34. The molecule has 0 aliphatic carbocycles. The van der Waals surface area contributed by atoms with E-state index in [1.165, 1.54) is 10.6 Å². The first-order valence-electron chi connectivity index (χ1n) is 10.8. The fourth-order valence-electron chi connectivity index (χ4n) is 3.75. The number of rotatable bonds is 8. The zero-order chi connectivity index (χ0) is 20.8. The Kier molecular flexibility index (Phi) is 7.81. The highest BCUT2D eigenvalue weighted by Gasteiger charge is 2.22. The predicted molar refractivity (Wildman–Crippen MR) is 120 cm³/mol. The van der Waals surface area contributed by atoms with Crippen LogP contribution in [-0.2, 0) is 19.5 Å². The molecule has 1 aromatic heterocycles. The normalized spacial score (nSPS) is 15.4. The molecule has 1 saturated heterocycles.